The Morgan fingerprint density at radius 3 is 2.12 bits per heavy atom. The van der Waals surface area contributed by atoms with Crippen LogP contribution in [0.1, 0.15) is 79.8 Å². The van der Waals surface area contributed by atoms with E-state index in [1.54, 1.807) is 65.8 Å². The van der Waals surface area contributed by atoms with Crippen molar-refractivity contribution >= 4 is 56.1 Å². The second-order valence-corrected chi connectivity index (χ2v) is 17.0. The molecule has 3 aromatic carbocycles. The van der Waals surface area contributed by atoms with Crippen LogP contribution in [0.2, 0.25) is 5.02 Å². The quantitative estimate of drug-likeness (QED) is 0.193. The summed E-state index contributed by atoms with van der Waals surface area (Å²) in [6.07, 6.45) is -0.483. The van der Waals surface area contributed by atoms with Crippen LogP contribution in [0, 0.1) is 0 Å². The number of phenols is 1. The number of ether oxygens (including phenoxy) is 2. The van der Waals surface area contributed by atoms with Crippen LogP contribution in [0.25, 0.3) is 0 Å². The normalized spacial score (nSPS) is 13.2. The Morgan fingerprint density at radius 1 is 0.880 bits per heavy atom. The Hall–Kier alpha value is -4.11. The summed E-state index contributed by atoms with van der Waals surface area (Å²) < 4.78 is 51.8. The number of hydrogen-bond donors (Lipinski definition) is 3. The van der Waals surface area contributed by atoms with Gasteiger partial charge in [-0.2, -0.15) is 0 Å². The molecule has 0 spiro atoms. The Morgan fingerprint density at radius 2 is 1.52 bits per heavy atom. The fourth-order valence-electron chi connectivity index (χ4n) is 4.37. The molecule has 2 atom stereocenters. The smallest absolute Gasteiger partial charge is 0.342 e. The number of carbonyl (C=O) groups excluding carboxylic acids is 4. The van der Waals surface area contributed by atoms with Gasteiger partial charge in [-0.05, 0) is 95.1 Å². The van der Waals surface area contributed by atoms with Gasteiger partial charge in [-0.1, -0.05) is 35.9 Å². The number of hydrogen-bond acceptors (Lipinski definition) is 10. The molecule has 0 aliphatic heterocycles. The molecule has 1 unspecified atom stereocenters. The van der Waals surface area contributed by atoms with E-state index in [1.165, 1.54) is 24.3 Å². The molecular formula is C35H41ClN2O10S2. The number of benzene rings is 3. The molecule has 0 radical (unpaired) electrons. The number of Topliss-reactive ketones (excluding diaryl/α,β-unsaturated/α-hetero) is 1. The molecule has 0 aromatic heterocycles. The first-order chi connectivity index (χ1) is 23.1. The van der Waals surface area contributed by atoms with Crippen molar-refractivity contribution in [3.63, 3.8) is 0 Å². The minimum absolute atomic E-state index is 0.0439. The van der Waals surface area contributed by atoms with Crippen LogP contribution in [0.4, 0.5) is 0 Å². The molecule has 270 valence electrons. The van der Waals surface area contributed by atoms with Crippen LogP contribution >= 0.6 is 11.6 Å². The molecule has 0 bridgehead atoms. The van der Waals surface area contributed by atoms with Crippen molar-refractivity contribution in [1.82, 2.24) is 10.0 Å². The first-order valence-corrected chi connectivity index (χ1v) is 18.8. The lowest BCUT2D eigenvalue weighted by Crippen LogP contribution is -2.45. The van der Waals surface area contributed by atoms with Gasteiger partial charge in [0.1, 0.15) is 22.5 Å². The SMILES string of the molecule is CC(C)(C)OC(=O)C[C@H](NC(=O)c1ccc(CNS(=O)(=O)c2ccc(O)c(C(=O)OC(C)(C)C)c2)cc1)C(=O)CS(=O)Cc1cccc(Cl)c1. The summed E-state index contributed by atoms with van der Waals surface area (Å²) in [4.78, 5) is 51.2. The molecule has 12 nitrogen and oxygen atoms in total. The van der Waals surface area contributed by atoms with Crippen LogP contribution < -0.4 is 10.0 Å². The van der Waals surface area contributed by atoms with Crippen molar-refractivity contribution < 1.29 is 46.4 Å². The number of esters is 2. The van der Waals surface area contributed by atoms with E-state index < -0.39 is 79.6 Å². The molecule has 50 heavy (non-hydrogen) atoms. The highest BCUT2D eigenvalue weighted by Crippen LogP contribution is 2.24. The summed E-state index contributed by atoms with van der Waals surface area (Å²) in [5.41, 5.74) is -0.786. The predicted octanol–water partition coefficient (Wildman–Crippen LogP) is 4.83. The standard InChI is InChI=1S/C35H41ClN2O10S2/c1-34(2,3)47-31(41)18-28(30(40)21-49(44)20-23-8-7-9-25(36)16-23)38-32(42)24-12-10-22(11-13-24)19-37-50(45,46)26-14-15-29(39)27(17-26)33(43)48-35(4,5)6/h7-17,28,37,39H,18-21H2,1-6H3,(H,38,42)/t28-,49?/m0/s1. The second kappa shape index (κ2) is 16.7. The van der Waals surface area contributed by atoms with Gasteiger partial charge in [-0.3, -0.25) is 18.6 Å². The van der Waals surface area contributed by atoms with E-state index in [4.69, 9.17) is 21.1 Å². The van der Waals surface area contributed by atoms with Gasteiger partial charge in [-0.25, -0.2) is 17.9 Å². The molecule has 0 aliphatic carbocycles. The number of halogens is 1. The van der Waals surface area contributed by atoms with Gasteiger partial charge in [0.05, 0.1) is 23.1 Å². The zero-order valence-electron chi connectivity index (χ0n) is 28.6. The van der Waals surface area contributed by atoms with E-state index in [-0.39, 0.29) is 28.3 Å². The maximum absolute atomic E-state index is 13.2. The fourth-order valence-corrected chi connectivity index (χ4v) is 6.80. The number of ketones is 1. The van der Waals surface area contributed by atoms with Gasteiger partial charge in [0.25, 0.3) is 5.91 Å². The first kappa shape index (κ1) is 40.3. The minimum atomic E-state index is -4.14. The highest BCUT2D eigenvalue weighted by atomic mass is 35.5. The number of aromatic hydroxyl groups is 1. The fraction of sp³-hybridized carbons (Fsp3) is 0.371. The van der Waals surface area contributed by atoms with Gasteiger partial charge < -0.3 is 19.9 Å². The number of amides is 1. The predicted molar refractivity (Wildman–Crippen MR) is 189 cm³/mol. The van der Waals surface area contributed by atoms with E-state index in [1.807, 2.05) is 0 Å². The van der Waals surface area contributed by atoms with Crippen molar-refractivity contribution in [3.8, 4) is 5.75 Å². The third kappa shape index (κ3) is 13.0. The van der Waals surface area contributed by atoms with Gasteiger partial charge in [-0.15, -0.1) is 0 Å². The number of sulfonamides is 1. The summed E-state index contributed by atoms with van der Waals surface area (Å²) in [6.45, 7) is 9.70. The van der Waals surface area contributed by atoms with E-state index in [0.29, 0.717) is 16.1 Å². The van der Waals surface area contributed by atoms with Gasteiger partial charge in [0.15, 0.2) is 5.78 Å². The molecule has 3 N–H and O–H groups in total. The van der Waals surface area contributed by atoms with Gasteiger partial charge in [0.2, 0.25) is 10.0 Å². The summed E-state index contributed by atoms with van der Waals surface area (Å²) in [6, 6.07) is 14.4. The monoisotopic (exact) mass is 748 g/mol. The van der Waals surface area contributed by atoms with Crippen LogP contribution in [0.5, 0.6) is 5.75 Å². The molecule has 0 fully saturated rings. The molecular weight excluding hydrogens is 708 g/mol. The average molecular weight is 749 g/mol. The second-order valence-electron chi connectivity index (χ2n) is 13.3. The Bertz CT molecular complexity index is 1870. The highest BCUT2D eigenvalue weighted by Gasteiger charge is 2.29. The summed E-state index contributed by atoms with van der Waals surface area (Å²) >= 11 is 6.00. The lowest BCUT2D eigenvalue weighted by Gasteiger charge is -2.22. The summed E-state index contributed by atoms with van der Waals surface area (Å²) in [7, 11) is -5.81. The highest BCUT2D eigenvalue weighted by molar-refractivity contribution is 7.89. The number of rotatable bonds is 14. The molecule has 3 aromatic rings. The summed E-state index contributed by atoms with van der Waals surface area (Å²) in [5.74, 6) is -3.76. The van der Waals surface area contributed by atoms with E-state index in [0.717, 1.165) is 18.2 Å². The summed E-state index contributed by atoms with van der Waals surface area (Å²) in [5, 5.41) is 13.1. The van der Waals surface area contributed by atoms with E-state index in [9.17, 15) is 36.9 Å². The first-order valence-electron chi connectivity index (χ1n) is 15.4. The maximum atomic E-state index is 13.2. The van der Waals surface area contributed by atoms with Crippen molar-refractivity contribution in [1.29, 1.82) is 0 Å². The average Bonchev–Trinajstić information content (AvgIpc) is 2.98. The van der Waals surface area contributed by atoms with Crippen LogP contribution in [0.15, 0.2) is 71.6 Å². The van der Waals surface area contributed by atoms with E-state index >= 15 is 0 Å². The van der Waals surface area contributed by atoms with Crippen molar-refractivity contribution in [3.05, 3.63) is 94.0 Å². The lowest BCUT2D eigenvalue weighted by molar-refractivity contribution is -0.156. The number of carbonyl (C=O) groups is 4. The van der Waals surface area contributed by atoms with E-state index in [2.05, 4.69) is 10.0 Å². The topological polar surface area (TPSA) is 182 Å². The van der Waals surface area contributed by atoms with Crippen molar-refractivity contribution in [2.24, 2.45) is 0 Å². The molecule has 1 amide bonds. The largest absolute Gasteiger partial charge is 0.507 e. The number of phenolic OH excluding ortho intramolecular Hbond substituents is 1. The van der Waals surface area contributed by atoms with Crippen molar-refractivity contribution in [2.45, 2.75) is 82.4 Å². The molecule has 3 rings (SSSR count). The van der Waals surface area contributed by atoms with Crippen LogP contribution in [-0.4, -0.2) is 64.4 Å². The Balaban J connectivity index is 1.69. The van der Waals surface area contributed by atoms with Crippen LogP contribution in [0.3, 0.4) is 0 Å². The third-order valence-corrected chi connectivity index (χ3v) is 9.48. The van der Waals surface area contributed by atoms with Crippen LogP contribution in [-0.2, 0) is 52.2 Å². The third-order valence-electron chi connectivity index (χ3n) is 6.58. The van der Waals surface area contributed by atoms with Gasteiger partial charge >= 0.3 is 11.9 Å². The van der Waals surface area contributed by atoms with Crippen molar-refractivity contribution in [2.75, 3.05) is 5.75 Å². The number of nitrogens with one attached hydrogen (secondary N) is 2. The molecule has 0 saturated heterocycles. The minimum Gasteiger partial charge on any atom is -0.507 e. The zero-order valence-corrected chi connectivity index (χ0v) is 31.0. The van der Waals surface area contributed by atoms with Gasteiger partial charge in [0, 0.05) is 33.7 Å². The zero-order chi connectivity index (χ0) is 37.4. The Kier molecular flexibility index (Phi) is 13.5. The molecule has 0 heterocycles. The lowest BCUT2D eigenvalue weighted by atomic mass is 10.1. The molecule has 0 aliphatic rings. The maximum Gasteiger partial charge on any atom is 0.342 e. The molecule has 15 heteroatoms. The Labute approximate surface area is 299 Å². The molecule has 0 saturated carbocycles.